The second kappa shape index (κ2) is 4.23. The minimum Gasteiger partial charge on any atom is -0.309 e. The lowest BCUT2D eigenvalue weighted by Gasteiger charge is -2.10. The van der Waals surface area contributed by atoms with Crippen molar-refractivity contribution < 1.29 is 0 Å². The number of rotatable bonds is 1. The van der Waals surface area contributed by atoms with Gasteiger partial charge in [0.1, 0.15) is 5.65 Å². The van der Waals surface area contributed by atoms with Gasteiger partial charge in [0, 0.05) is 12.1 Å². The van der Waals surface area contributed by atoms with E-state index in [1.54, 1.807) is 10.5 Å². The molecule has 5 heteroatoms. The lowest BCUT2D eigenvalue weighted by molar-refractivity contribution is 0.626. The summed E-state index contributed by atoms with van der Waals surface area (Å²) in [6.07, 6.45) is 2.20. The van der Waals surface area contributed by atoms with Crippen molar-refractivity contribution in [2.45, 2.75) is 18.9 Å². The Balaban J connectivity index is 2.20. The molecule has 1 unspecified atom stereocenters. The molecule has 3 rings (SSSR count). The van der Waals surface area contributed by atoms with Crippen molar-refractivity contribution in [2.24, 2.45) is 0 Å². The summed E-state index contributed by atoms with van der Waals surface area (Å²) >= 11 is 3.36. The number of hydrogen-bond donors (Lipinski definition) is 1. The molecule has 1 N–H and O–H groups in total. The third-order valence-corrected chi connectivity index (χ3v) is 3.69. The molecule has 2 aromatic rings. The van der Waals surface area contributed by atoms with E-state index in [2.05, 4.69) is 26.2 Å². The summed E-state index contributed by atoms with van der Waals surface area (Å²) in [5.41, 5.74) is 1.51. The van der Waals surface area contributed by atoms with Crippen molar-refractivity contribution in [3.05, 3.63) is 44.9 Å². The van der Waals surface area contributed by atoms with Crippen molar-refractivity contribution in [1.29, 1.82) is 0 Å². The molecule has 17 heavy (non-hydrogen) atoms. The molecule has 0 aliphatic carbocycles. The Morgan fingerprint density at radius 3 is 3.12 bits per heavy atom. The Morgan fingerprint density at radius 2 is 2.35 bits per heavy atom. The zero-order valence-corrected chi connectivity index (χ0v) is 10.8. The van der Waals surface area contributed by atoms with Crippen LogP contribution in [-0.2, 0) is 0 Å². The van der Waals surface area contributed by atoms with Crippen LogP contribution in [0.5, 0.6) is 0 Å². The number of pyridine rings is 1. The molecule has 1 aliphatic heterocycles. The fourth-order valence-electron chi connectivity index (χ4n) is 2.25. The Kier molecular flexibility index (Phi) is 2.72. The zero-order valence-electron chi connectivity index (χ0n) is 9.19. The monoisotopic (exact) mass is 293 g/mol. The smallest absolute Gasteiger partial charge is 0.259 e. The Labute approximate surface area is 107 Å². The number of halogens is 1. The van der Waals surface area contributed by atoms with Crippen molar-refractivity contribution >= 4 is 21.6 Å². The minimum absolute atomic E-state index is 0.0359. The molecular weight excluding hydrogens is 282 g/mol. The Bertz CT molecular complexity index is 617. The topological polar surface area (TPSA) is 46.4 Å². The first-order valence-corrected chi connectivity index (χ1v) is 6.46. The first-order chi connectivity index (χ1) is 8.25. The van der Waals surface area contributed by atoms with Gasteiger partial charge < -0.3 is 5.32 Å². The highest BCUT2D eigenvalue weighted by Crippen LogP contribution is 2.21. The van der Waals surface area contributed by atoms with E-state index in [1.807, 2.05) is 18.2 Å². The predicted octanol–water partition coefficient (Wildman–Crippen LogP) is 1.88. The van der Waals surface area contributed by atoms with Gasteiger partial charge in [-0.25, -0.2) is 4.98 Å². The van der Waals surface area contributed by atoms with E-state index in [0.29, 0.717) is 5.65 Å². The summed E-state index contributed by atoms with van der Waals surface area (Å²) in [5, 5.41) is 3.36. The van der Waals surface area contributed by atoms with E-state index >= 15 is 0 Å². The fraction of sp³-hybridized carbons (Fsp3) is 0.333. The van der Waals surface area contributed by atoms with E-state index < -0.39 is 0 Å². The van der Waals surface area contributed by atoms with Gasteiger partial charge in [-0.2, -0.15) is 0 Å². The minimum atomic E-state index is -0.0359. The average molecular weight is 294 g/mol. The lowest BCUT2D eigenvalue weighted by atomic mass is 10.1. The number of nitrogens with one attached hydrogen (secondary N) is 1. The maximum absolute atomic E-state index is 12.0. The molecule has 4 nitrogen and oxygen atoms in total. The SMILES string of the molecule is O=c1cc(C2CCCN2)nc2cccc(Br)n12. The standard InChI is InChI=1S/C12H12BrN3O/c13-10-4-1-5-11-15-9(7-12(17)16(10)11)8-3-2-6-14-8/h1,4-5,7-8,14H,2-3,6H2. The molecule has 1 saturated heterocycles. The molecule has 0 aromatic carbocycles. The molecule has 1 fully saturated rings. The molecule has 88 valence electrons. The van der Waals surface area contributed by atoms with Crippen LogP contribution >= 0.6 is 15.9 Å². The van der Waals surface area contributed by atoms with Gasteiger partial charge in [-0.3, -0.25) is 9.20 Å². The summed E-state index contributed by atoms with van der Waals surface area (Å²) in [4.78, 5) is 16.6. The van der Waals surface area contributed by atoms with Gasteiger partial charge in [0.25, 0.3) is 5.56 Å². The van der Waals surface area contributed by atoms with E-state index in [4.69, 9.17) is 0 Å². The quantitative estimate of drug-likeness (QED) is 0.817. The maximum atomic E-state index is 12.0. The third kappa shape index (κ3) is 1.89. The molecule has 1 aliphatic rings. The van der Waals surface area contributed by atoms with Crippen LogP contribution in [0, 0.1) is 0 Å². The van der Waals surface area contributed by atoms with E-state index in [0.717, 1.165) is 29.7 Å². The molecule has 3 heterocycles. The molecule has 0 radical (unpaired) electrons. The van der Waals surface area contributed by atoms with Gasteiger partial charge in [-0.15, -0.1) is 0 Å². The number of fused-ring (bicyclic) bond motifs is 1. The van der Waals surface area contributed by atoms with Crippen LogP contribution in [-0.4, -0.2) is 15.9 Å². The van der Waals surface area contributed by atoms with Gasteiger partial charge >= 0.3 is 0 Å². The summed E-state index contributed by atoms with van der Waals surface area (Å²) in [6, 6.07) is 7.43. The summed E-state index contributed by atoms with van der Waals surface area (Å²) in [7, 11) is 0. The van der Waals surface area contributed by atoms with Crippen LogP contribution < -0.4 is 10.9 Å². The number of nitrogens with zero attached hydrogens (tertiary/aromatic N) is 2. The van der Waals surface area contributed by atoms with Crippen LogP contribution in [0.1, 0.15) is 24.6 Å². The molecule has 0 amide bonds. The van der Waals surface area contributed by atoms with Gasteiger partial charge in [0.15, 0.2) is 0 Å². The van der Waals surface area contributed by atoms with Crippen molar-refractivity contribution in [2.75, 3.05) is 6.54 Å². The highest BCUT2D eigenvalue weighted by molar-refractivity contribution is 9.10. The second-order valence-electron chi connectivity index (χ2n) is 4.21. The highest BCUT2D eigenvalue weighted by Gasteiger charge is 2.18. The molecule has 0 bridgehead atoms. The largest absolute Gasteiger partial charge is 0.309 e. The second-order valence-corrected chi connectivity index (χ2v) is 5.02. The van der Waals surface area contributed by atoms with Gasteiger partial charge in [-0.05, 0) is 47.4 Å². The molecular formula is C12H12BrN3O. The van der Waals surface area contributed by atoms with Crippen molar-refractivity contribution in [1.82, 2.24) is 14.7 Å². The van der Waals surface area contributed by atoms with Crippen LogP contribution in [0.15, 0.2) is 33.7 Å². The third-order valence-electron chi connectivity index (χ3n) is 3.07. The zero-order chi connectivity index (χ0) is 11.8. The van der Waals surface area contributed by atoms with Crippen LogP contribution in [0.25, 0.3) is 5.65 Å². The Morgan fingerprint density at radius 1 is 1.47 bits per heavy atom. The fourth-order valence-corrected chi connectivity index (χ4v) is 2.76. The normalized spacial score (nSPS) is 19.9. The number of aromatic nitrogens is 2. The van der Waals surface area contributed by atoms with Crippen LogP contribution in [0.3, 0.4) is 0 Å². The van der Waals surface area contributed by atoms with Crippen LogP contribution in [0.4, 0.5) is 0 Å². The molecule has 1 atom stereocenters. The van der Waals surface area contributed by atoms with Gasteiger partial charge in [-0.1, -0.05) is 6.07 Å². The molecule has 0 spiro atoms. The summed E-state index contributed by atoms with van der Waals surface area (Å²) in [6.45, 7) is 1.00. The first-order valence-electron chi connectivity index (χ1n) is 5.67. The van der Waals surface area contributed by atoms with Crippen molar-refractivity contribution in [3.63, 3.8) is 0 Å². The Hall–Kier alpha value is -1.20. The average Bonchev–Trinajstić information content (AvgIpc) is 2.81. The highest BCUT2D eigenvalue weighted by atomic mass is 79.9. The van der Waals surface area contributed by atoms with E-state index in [1.165, 1.54) is 0 Å². The maximum Gasteiger partial charge on any atom is 0.259 e. The van der Waals surface area contributed by atoms with Crippen LogP contribution in [0.2, 0.25) is 0 Å². The number of hydrogen-bond acceptors (Lipinski definition) is 3. The lowest BCUT2D eigenvalue weighted by Crippen LogP contribution is -2.21. The predicted molar refractivity (Wildman–Crippen MR) is 69.1 cm³/mol. The van der Waals surface area contributed by atoms with E-state index in [-0.39, 0.29) is 11.6 Å². The molecule has 0 saturated carbocycles. The first kappa shape index (κ1) is 10.9. The van der Waals surface area contributed by atoms with Gasteiger partial charge in [0.2, 0.25) is 0 Å². The molecule has 2 aromatic heterocycles. The summed E-state index contributed by atoms with van der Waals surface area (Å²) < 4.78 is 2.30. The van der Waals surface area contributed by atoms with Crippen molar-refractivity contribution in [3.8, 4) is 0 Å². The van der Waals surface area contributed by atoms with Gasteiger partial charge in [0.05, 0.1) is 10.3 Å². The van der Waals surface area contributed by atoms with E-state index in [9.17, 15) is 4.79 Å². The summed E-state index contributed by atoms with van der Waals surface area (Å²) in [5.74, 6) is 0.